The van der Waals surface area contributed by atoms with Crippen molar-refractivity contribution in [3.8, 4) is 5.75 Å². The molecular weight excluding hydrogens is 504 g/mol. The number of benzene rings is 1. The van der Waals surface area contributed by atoms with Crippen LogP contribution in [-0.2, 0) is 15.1 Å². The highest BCUT2D eigenvalue weighted by molar-refractivity contribution is 6.30. The number of aromatic nitrogens is 2. The molecular formula is C26H34ClF2N5O3. The molecule has 0 saturated carbocycles. The molecule has 2 saturated heterocycles. The van der Waals surface area contributed by atoms with Gasteiger partial charge in [-0.15, -0.1) is 0 Å². The van der Waals surface area contributed by atoms with Crippen LogP contribution >= 0.6 is 11.6 Å². The van der Waals surface area contributed by atoms with Crippen molar-refractivity contribution in [2.45, 2.75) is 57.6 Å². The number of nitrogens with zero attached hydrogens (tertiary/aromatic N) is 3. The van der Waals surface area contributed by atoms with Crippen LogP contribution in [0.25, 0.3) is 0 Å². The molecule has 202 valence electrons. The van der Waals surface area contributed by atoms with Gasteiger partial charge in [-0.25, -0.2) is 0 Å². The summed E-state index contributed by atoms with van der Waals surface area (Å²) in [4.78, 5) is 28.2. The zero-order chi connectivity index (χ0) is 26.6. The average molecular weight is 538 g/mol. The summed E-state index contributed by atoms with van der Waals surface area (Å²) in [7, 11) is 0. The van der Waals surface area contributed by atoms with Gasteiger partial charge in [0.1, 0.15) is 11.8 Å². The van der Waals surface area contributed by atoms with E-state index in [1.807, 2.05) is 19.9 Å². The fraction of sp³-hybridized carbons (Fsp3) is 0.577. The van der Waals surface area contributed by atoms with Gasteiger partial charge < -0.3 is 25.1 Å². The van der Waals surface area contributed by atoms with Gasteiger partial charge in [0.2, 0.25) is 0 Å². The quantitative estimate of drug-likeness (QED) is 0.465. The predicted molar refractivity (Wildman–Crippen MR) is 137 cm³/mol. The molecule has 0 bridgehead atoms. The number of alkyl halides is 2. The normalized spacial score (nSPS) is 19.6. The number of carbonyl (C=O) groups excluding carboxylic acids is 2. The van der Waals surface area contributed by atoms with Gasteiger partial charge in [-0.1, -0.05) is 25.4 Å². The Bertz CT molecular complexity index is 1100. The van der Waals surface area contributed by atoms with Crippen molar-refractivity contribution in [3.05, 3.63) is 41.2 Å². The smallest absolute Gasteiger partial charge is 0.387 e. The van der Waals surface area contributed by atoms with Gasteiger partial charge in [0.25, 0.3) is 5.91 Å². The SMILES string of the molecule is CC(C)c1ccnn1C1(C(=O)Nc2ccc(Cl)cc2OC(F)F)CCN(CC2(C=O)CCNCC2)CC1. The van der Waals surface area contributed by atoms with E-state index in [2.05, 4.69) is 25.4 Å². The van der Waals surface area contributed by atoms with Gasteiger partial charge in [0.05, 0.1) is 5.69 Å². The predicted octanol–water partition coefficient (Wildman–Crippen LogP) is 4.26. The van der Waals surface area contributed by atoms with E-state index in [9.17, 15) is 18.4 Å². The molecule has 0 unspecified atom stereocenters. The van der Waals surface area contributed by atoms with Gasteiger partial charge in [0, 0.05) is 48.0 Å². The topological polar surface area (TPSA) is 88.5 Å². The van der Waals surface area contributed by atoms with Gasteiger partial charge in [0.15, 0.2) is 5.75 Å². The van der Waals surface area contributed by atoms with E-state index in [0.717, 1.165) is 37.9 Å². The lowest BCUT2D eigenvalue weighted by Gasteiger charge is -2.44. The van der Waals surface area contributed by atoms with E-state index < -0.39 is 12.2 Å². The lowest BCUT2D eigenvalue weighted by Crippen LogP contribution is -2.56. The van der Waals surface area contributed by atoms with Gasteiger partial charge in [-0.3, -0.25) is 9.48 Å². The summed E-state index contributed by atoms with van der Waals surface area (Å²) in [5.41, 5.74) is -0.396. The molecule has 0 spiro atoms. The van der Waals surface area contributed by atoms with E-state index >= 15 is 0 Å². The minimum Gasteiger partial charge on any atom is -0.433 e. The Morgan fingerprint density at radius 2 is 1.92 bits per heavy atom. The van der Waals surface area contributed by atoms with Crippen LogP contribution in [0, 0.1) is 5.41 Å². The van der Waals surface area contributed by atoms with Crippen LogP contribution in [0.15, 0.2) is 30.5 Å². The number of aldehydes is 1. The van der Waals surface area contributed by atoms with Crippen molar-refractivity contribution in [1.82, 2.24) is 20.0 Å². The first-order valence-electron chi connectivity index (χ1n) is 12.7. The minimum absolute atomic E-state index is 0.115. The fourth-order valence-corrected chi connectivity index (χ4v) is 5.60. The molecule has 11 heteroatoms. The number of halogens is 3. The van der Waals surface area contributed by atoms with E-state index in [1.54, 1.807) is 10.9 Å². The molecule has 4 rings (SSSR count). The maximum absolute atomic E-state index is 14.0. The lowest BCUT2D eigenvalue weighted by molar-refractivity contribution is -0.129. The van der Waals surface area contributed by atoms with E-state index in [-0.39, 0.29) is 33.7 Å². The molecule has 2 aliphatic heterocycles. The summed E-state index contributed by atoms with van der Waals surface area (Å²) in [5.74, 6) is -0.440. The highest BCUT2D eigenvalue weighted by Gasteiger charge is 2.46. The Morgan fingerprint density at radius 3 is 2.54 bits per heavy atom. The van der Waals surface area contributed by atoms with Gasteiger partial charge >= 0.3 is 6.61 Å². The third-order valence-electron chi connectivity index (χ3n) is 7.57. The molecule has 1 amide bonds. The zero-order valence-corrected chi connectivity index (χ0v) is 21.9. The summed E-state index contributed by atoms with van der Waals surface area (Å²) in [6.07, 6.45) is 5.26. The van der Waals surface area contributed by atoms with Crippen LogP contribution in [0.4, 0.5) is 14.5 Å². The number of nitrogens with one attached hydrogen (secondary N) is 2. The molecule has 2 aromatic rings. The Kier molecular flexibility index (Phi) is 8.50. The molecule has 0 atom stereocenters. The van der Waals surface area contributed by atoms with Crippen molar-refractivity contribution in [1.29, 1.82) is 0 Å². The number of carbonyl (C=O) groups is 2. The number of ether oxygens (including phenoxy) is 1. The average Bonchev–Trinajstić information content (AvgIpc) is 3.37. The summed E-state index contributed by atoms with van der Waals surface area (Å²) < 4.78 is 32.5. The molecule has 0 aliphatic carbocycles. The van der Waals surface area contributed by atoms with Crippen molar-refractivity contribution in [2.75, 3.05) is 38.0 Å². The van der Waals surface area contributed by atoms with Crippen molar-refractivity contribution >= 4 is 29.5 Å². The zero-order valence-electron chi connectivity index (χ0n) is 21.2. The summed E-state index contributed by atoms with van der Waals surface area (Å²) >= 11 is 5.98. The largest absolute Gasteiger partial charge is 0.433 e. The standard InChI is InChI=1S/C26H34ClF2N5O3/c1-18(2)21-5-10-31-34(21)26(23(36)32-20-4-3-19(27)15-22(20)37-24(28)29)8-13-33(14-9-26)16-25(17-35)6-11-30-12-7-25/h3-5,10,15,17-18,24,30H,6-9,11-14,16H2,1-2H3,(H,32,36). The number of hydrogen-bond acceptors (Lipinski definition) is 6. The first kappa shape index (κ1) is 27.5. The number of amides is 1. The van der Waals surface area contributed by atoms with Crippen molar-refractivity contribution in [2.24, 2.45) is 5.41 Å². The Morgan fingerprint density at radius 1 is 1.22 bits per heavy atom. The number of likely N-dealkylation sites (tertiary alicyclic amines) is 1. The second-order valence-corrected chi connectivity index (χ2v) is 10.8. The number of piperidine rings is 2. The minimum atomic E-state index is -3.06. The van der Waals surface area contributed by atoms with Gasteiger partial charge in [-0.05, 0) is 62.9 Å². The Labute approximate surface area is 220 Å². The number of rotatable bonds is 9. The monoisotopic (exact) mass is 537 g/mol. The molecule has 0 radical (unpaired) electrons. The van der Waals surface area contributed by atoms with Crippen LogP contribution in [0.1, 0.15) is 51.1 Å². The first-order chi connectivity index (χ1) is 17.7. The summed E-state index contributed by atoms with van der Waals surface area (Å²) in [5, 5.41) is 10.9. The van der Waals surface area contributed by atoms with E-state index in [4.69, 9.17) is 11.6 Å². The van der Waals surface area contributed by atoms with Crippen LogP contribution in [0.2, 0.25) is 5.02 Å². The highest BCUT2D eigenvalue weighted by atomic mass is 35.5. The van der Waals surface area contributed by atoms with E-state index in [0.29, 0.717) is 32.5 Å². The van der Waals surface area contributed by atoms with Crippen LogP contribution in [0.5, 0.6) is 5.75 Å². The molecule has 2 N–H and O–H groups in total. The molecule has 2 fully saturated rings. The highest BCUT2D eigenvalue weighted by Crippen LogP contribution is 2.38. The molecule has 2 aliphatic rings. The Balaban J connectivity index is 1.61. The second-order valence-electron chi connectivity index (χ2n) is 10.3. The van der Waals surface area contributed by atoms with Crippen LogP contribution < -0.4 is 15.4 Å². The lowest BCUT2D eigenvalue weighted by atomic mass is 9.78. The van der Waals surface area contributed by atoms with Gasteiger partial charge in [-0.2, -0.15) is 13.9 Å². The van der Waals surface area contributed by atoms with E-state index in [1.165, 1.54) is 18.2 Å². The molecule has 1 aromatic carbocycles. The summed E-state index contributed by atoms with van der Waals surface area (Å²) in [6.45, 7) is 4.46. The number of anilines is 1. The van der Waals surface area contributed by atoms with Crippen LogP contribution in [-0.4, -0.2) is 66.2 Å². The summed E-state index contributed by atoms with van der Waals surface area (Å²) in [6, 6.07) is 6.12. The maximum atomic E-state index is 14.0. The Hall–Kier alpha value is -2.56. The van der Waals surface area contributed by atoms with Crippen molar-refractivity contribution in [3.63, 3.8) is 0 Å². The third-order valence-corrected chi connectivity index (χ3v) is 7.81. The third kappa shape index (κ3) is 5.97. The molecule has 37 heavy (non-hydrogen) atoms. The first-order valence-corrected chi connectivity index (χ1v) is 13.1. The molecule has 3 heterocycles. The second kappa shape index (κ2) is 11.4. The fourth-order valence-electron chi connectivity index (χ4n) is 5.44. The van der Waals surface area contributed by atoms with Crippen molar-refractivity contribution < 1.29 is 23.1 Å². The van der Waals surface area contributed by atoms with Crippen LogP contribution in [0.3, 0.4) is 0 Å². The molecule has 1 aromatic heterocycles. The number of hydrogen-bond donors (Lipinski definition) is 2. The molecule has 8 nitrogen and oxygen atoms in total. The maximum Gasteiger partial charge on any atom is 0.387 e.